The molecule has 5 aromatic carbocycles. The molecule has 0 amide bonds. The van der Waals surface area contributed by atoms with Gasteiger partial charge in [0, 0.05) is 45.2 Å². The smallest absolute Gasteiger partial charge is 0.243 e. The molecule has 0 bridgehead atoms. The fourth-order valence-corrected chi connectivity index (χ4v) is 8.61. The van der Waals surface area contributed by atoms with Gasteiger partial charge in [-0.2, -0.15) is 17.5 Å². The molecule has 2 unspecified atom stereocenters. The van der Waals surface area contributed by atoms with Crippen LogP contribution in [0.15, 0.2) is 89.9 Å². The molecule has 49 heavy (non-hydrogen) atoms. The standard InChI is InChI=1S/C39H30N6O2S2/c1-21-7-13-24(14-8-21)45(25-15-9-22(2)10-16-25)26-17-11-23(12-18-26)29-19-30-31(34-33(29)41-48-42-34)20-32(37-35(30)43-49-44-37)40-36-27-5-3-4-6-28(27)38(46)39(36)47/h7-20,27-28H,3-6H2,1-2H3. The van der Waals surface area contributed by atoms with E-state index in [4.69, 9.17) is 18.1 Å². The zero-order chi connectivity index (χ0) is 33.2. The largest absolute Gasteiger partial charge is 0.311 e. The number of rotatable bonds is 5. The molecule has 2 aliphatic rings. The molecule has 0 aliphatic heterocycles. The van der Waals surface area contributed by atoms with E-state index in [9.17, 15) is 9.59 Å². The van der Waals surface area contributed by atoms with Gasteiger partial charge in [-0.15, -0.1) is 0 Å². The van der Waals surface area contributed by atoms with Crippen molar-refractivity contribution in [3.8, 4) is 11.1 Å². The van der Waals surface area contributed by atoms with Crippen molar-refractivity contribution < 1.29 is 9.59 Å². The average Bonchev–Trinajstić information content (AvgIpc) is 3.88. The van der Waals surface area contributed by atoms with Crippen LogP contribution in [0.4, 0.5) is 22.7 Å². The van der Waals surface area contributed by atoms with Crippen molar-refractivity contribution in [2.75, 3.05) is 4.90 Å². The Morgan fingerprint density at radius 1 is 0.633 bits per heavy atom. The van der Waals surface area contributed by atoms with Crippen LogP contribution in [0.2, 0.25) is 0 Å². The van der Waals surface area contributed by atoms with Crippen molar-refractivity contribution in [1.82, 2.24) is 17.5 Å². The van der Waals surface area contributed by atoms with Crippen LogP contribution < -0.4 is 4.90 Å². The Bertz CT molecular complexity index is 2420. The maximum atomic E-state index is 13.1. The van der Waals surface area contributed by atoms with Gasteiger partial charge in [0.15, 0.2) is 0 Å². The lowest BCUT2D eigenvalue weighted by atomic mass is 9.81. The summed E-state index contributed by atoms with van der Waals surface area (Å²) in [5.74, 6) is -1.10. The molecule has 0 saturated heterocycles. The molecule has 7 aromatic rings. The van der Waals surface area contributed by atoms with Crippen molar-refractivity contribution in [2.45, 2.75) is 39.5 Å². The number of nitrogens with zero attached hydrogens (tertiary/aromatic N) is 6. The highest BCUT2D eigenvalue weighted by molar-refractivity contribution is 7.00. The lowest BCUT2D eigenvalue weighted by Gasteiger charge is -2.26. The molecule has 2 atom stereocenters. The van der Waals surface area contributed by atoms with Crippen LogP contribution in [0.3, 0.4) is 0 Å². The zero-order valence-electron chi connectivity index (χ0n) is 26.9. The third kappa shape index (κ3) is 4.97. The summed E-state index contributed by atoms with van der Waals surface area (Å²) in [5, 5.41) is 1.75. The van der Waals surface area contributed by atoms with Gasteiger partial charge in [-0.3, -0.25) is 9.59 Å². The number of aromatic nitrogens is 4. The van der Waals surface area contributed by atoms with Gasteiger partial charge in [0.05, 0.1) is 34.9 Å². The van der Waals surface area contributed by atoms with Gasteiger partial charge in [0.2, 0.25) is 11.6 Å². The Morgan fingerprint density at radius 3 is 1.78 bits per heavy atom. The number of anilines is 3. The lowest BCUT2D eigenvalue weighted by molar-refractivity contribution is -0.134. The van der Waals surface area contributed by atoms with E-state index in [0.29, 0.717) is 22.4 Å². The van der Waals surface area contributed by atoms with E-state index in [0.717, 1.165) is 87.4 Å². The number of aliphatic imine (C=N–C) groups is 1. The Balaban J connectivity index is 1.16. The second-order valence-corrected chi connectivity index (χ2v) is 14.1. The Hall–Kier alpha value is -5.19. The molecule has 8 nitrogen and oxygen atoms in total. The fraction of sp³-hybridized carbons (Fsp3) is 0.205. The zero-order valence-corrected chi connectivity index (χ0v) is 28.5. The first-order chi connectivity index (χ1) is 23.9. The normalized spacial score (nSPS) is 18.6. The number of aryl methyl sites for hydroxylation is 2. The molecule has 0 spiro atoms. The predicted octanol–water partition coefficient (Wildman–Crippen LogP) is 9.63. The molecule has 0 N–H and O–H groups in total. The van der Waals surface area contributed by atoms with E-state index in [-0.39, 0.29) is 17.6 Å². The predicted molar refractivity (Wildman–Crippen MR) is 198 cm³/mol. The average molecular weight is 679 g/mol. The Morgan fingerprint density at radius 2 is 1.14 bits per heavy atom. The van der Waals surface area contributed by atoms with Crippen LogP contribution in [0, 0.1) is 25.7 Å². The van der Waals surface area contributed by atoms with Crippen molar-refractivity contribution in [1.29, 1.82) is 0 Å². The first kappa shape index (κ1) is 29.9. The summed E-state index contributed by atoms with van der Waals surface area (Å²) in [7, 11) is 0. The number of hydrogen-bond donors (Lipinski definition) is 0. The summed E-state index contributed by atoms with van der Waals surface area (Å²) in [6.45, 7) is 4.20. The molecule has 2 heterocycles. The highest BCUT2D eigenvalue weighted by atomic mass is 32.1. The summed E-state index contributed by atoms with van der Waals surface area (Å²) < 4.78 is 18.8. The van der Waals surface area contributed by atoms with Crippen LogP contribution >= 0.6 is 23.5 Å². The third-order valence-corrected chi connectivity index (χ3v) is 11.1. The molecule has 240 valence electrons. The minimum absolute atomic E-state index is 0.120. The maximum Gasteiger partial charge on any atom is 0.243 e. The number of fused-ring (bicyclic) bond motifs is 6. The van der Waals surface area contributed by atoms with E-state index >= 15 is 0 Å². The number of benzene rings is 5. The quantitative estimate of drug-likeness (QED) is 0.167. The van der Waals surface area contributed by atoms with E-state index in [1.54, 1.807) is 0 Å². The highest BCUT2D eigenvalue weighted by Gasteiger charge is 2.47. The highest BCUT2D eigenvalue weighted by Crippen LogP contribution is 2.43. The number of carbonyl (C=O) groups is 2. The summed E-state index contributed by atoms with van der Waals surface area (Å²) >= 11 is 2.28. The minimum atomic E-state index is -0.448. The van der Waals surface area contributed by atoms with Crippen LogP contribution in [-0.4, -0.2) is 34.8 Å². The first-order valence-electron chi connectivity index (χ1n) is 16.5. The molecule has 2 fully saturated rings. The second kappa shape index (κ2) is 11.7. The van der Waals surface area contributed by atoms with Crippen LogP contribution in [0.25, 0.3) is 44.0 Å². The first-order valence-corrected chi connectivity index (χ1v) is 18.0. The van der Waals surface area contributed by atoms with E-state index in [1.165, 1.54) is 22.9 Å². The van der Waals surface area contributed by atoms with Gasteiger partial charge in [-0.1, -0.05) is 60.4 Å². The van der Waals surface area contributed by atoms with Gasteiger partial charge in [-0.05, 0) is 80.8 Å². The van der Waals surface area contributed by atoms with E-state index < -0.39 is 5.78 Å². The fourth-order valence-electron chi connectivity index (χ4n) is 7.47. The molecule has 2 aromatic heterocycles. The number of Topliss-reactive ketones (excluding diaryl/α,β-unsaturated/α-hetero) is 2. The Labute approximate surface area is 290 Å². The molecular formula is C39H30N6O2S2. The number of ketones is 2. The van der Waals surface area contributed by atoms with E-state index in [2.05, 4.69) is 102 Å². The van der Waals surface area contributed by atoms with E-state index in [1.807, 2.05) is 6.07 Å². The lowest BCUT2D eigenvalue weighted by Crippen LogP contribution is -2.21. The van der Waals surface area contributed by atoms with Gasteiger partial charge in [-0.25, -0.2) is 4.99 Å². The summed E-state index contributed by atoms with van der Waals surface area (Å²) in [4.78, 5) is 33.1. The van der Waals surface area contributed by atoms with Crippen molar-refractivity contribution in [3.63, 3.8) is 0 Å². The van der Waals surface area contributed by atoms with Crippen LogP contribution in [0.1, 0.15) is 36.8 Å². The van der Waals surface area contributed by atoms with Gasteiger partial charge in [0.1, 0.15) is 22.1 Å². The Kier molecular flexibility index (Phi) is 7.17. The molecule has 9 rings (SSSR count). The molecule has 0 radical (unpaired) electrons. The monoisotopic (exact) mass is 678 g/mol. The number of carbonyl (C=O) groups excluding carboxylic acids is 2. The summed E-state index contributed by atoms with van der Waals surface area (Å²) in [6, 6.07) is 29.7. The van der Waals surface area contributed by atoms with Gasteiger partial charge in [0.25, 0.3) is 0 Å². The number of hydrogen-bond acceptors (Lipinski definition) is 10. The second-order valence-electron chi connectivity index (χ2n) is 13.1. The maximum absolute atomic E-state index is 13.1. The van der Waals surface area contributed by atoms with Crippen molar-refractivity contribution in [2.24, 2.45) is 16.8 Å². The van der Waals surface area contributed by atoms with Crippen LogP contribution in [0.5, 0.6) is 0 Å². The SMILES string of the molecule is Cc1ccc(N(c2ccc(C)cc2)c2ccc(-c3cc4c(cc(N=C5C(=O)C(=O)C6CCCCC56)c5nsnc54)c4nsnc34)cc2)cc1. The summed E-state index contributed by atoms with van der Waals surface area (Å²) in [5.41, 5.74) is 11.4. The van der Waals surface area contributed by atoms with Gasteiger partial charge >= 0.3 is 0 Å². The van der Waals surface area contributed by atoms with Crippen molar-refractivity contribution >= 4 is 96.3 Å². The minimum Gasteiger partial charge on any atom is -0.311 e. The molecule has 10 heteroatoms. The van der Waals surface area contributed by atoms with Gasteiger partial charge < -0.3 is 4.90 Å². The topological polar surface area (TPSA) is 101 Å². The van der Waals surface area contributed by atoms with Crippen LogP contribution in [-0.2, 0) is 9.59 Å². The molecule has 2 aliphatic carbocycles. The third-order valence-electron chi connectivity index (χ3n) is 10.0. The molecule has 2 saturated carbocycles. The summed E-state index contributed by atoms with van der Waals surface area (Å²) in [6.07, 6.45) is 3.53. The van der Waals surface area contributed by atoms with Crippen molar-refractivity contribution in [3.05, 3.63) is 96.1 Å². The molecular weight excluding hydrogens is 649 g/mol.